The molecule has 0 spiro atoms. The van der Waals surface area contributed by atoms with E-state index in [1.165, 1.54) is 5.56 Å². The lowest BCUT2D eigenvalue weighted by Crippen LogP contribution is -2.35. The number of benzene rings is 2. The van der Waals surface area contributed by atoms with Gasteiger partial charge in [-0.15, -0.1) is 0 Å². The van der Waals surface area contributed by atoms with E-state index < -0.39 is 0 Å². The first-order valence-electron chi connectivity index (χ1n) is 11.6. The minimum absolute atomic E-state index is 0.153. The van der Waals surface area contributed by atoms with E-state index in [1.807, 2.05) is 39.0 Å². The van der Waals surface area contributed by atoms with Gasteiger partial charge < -0.3 is 20.8 Å². The largest absolute Gasteiger partial charge is 0.398 e. The molecule has 0 radical (unpaired) electrons. The van der Waals surface area contributed by atoms with E-state index in [-0.39, 0.29) is 18.0 Å². The molecule has 0 unspecified atom stereocenters. The smallest absolute Gasteiger partial charge is 0.253 e. The number of morpholine rings is 1. The van der Waals surface area contributed by atoms with E-state index in [1.54, 1.807) is 0 Å². The van der Waals surface area contributed by atoms with Crippen LogP contribution in [0.5, 0.6) is 0 Å². The summed E-state index contributed by atoms with van der Waals surface area (Å²) >= 11 is 0. The van der Waals surface area contributed by atoms with E-state index in [0.717, 1.165) is 60.8 Å². The number of pyridine rings is 1. The highest BCUT2D eigenvalue weighted by Crippen LogP contribution is 2.28. The molecule has 1 amide bonds. The third kappa shape index (κ3) is 5.38. The lowest BCUT2D eigenvalue weighted by molar-refractivity contribution is 0.0342. The predicted molar refractivity (Wildman–Crippen MR) is 135 cm³/mol. The average Bonchev–Trinajstić information content (AvgIpc) is 2.81. The third-order valence-electron chi connectivity index (χ3n) is 6.41. The zero-order chi connectivity index (χ0) is 24.2. The molecule has 1 fully saturated rings. The highest BCUT2D eigenvalue weighted by atomic mass is 16.5. The normalized spacial score (nSPS) is 14.2. The van der Waals surface area contributed by atoms with E-state index in [0.29, 0.717) is 16.8 Å². The molecule has 1 saturated heterocycles. The Kier molecular flexibility index (Phi) is 7.14. The van der Waals surface area contributed by atoms with Crippen molar-refractivity contribution in [3.63, 3.8) is 0 Å². The van der Waals surface area contributed by atoms with Gasteiger partial charge in [0.25, 0.3) is 11.5 Å². The Morgan fingerprint density at radius 3 is 2.44 bits per heavy atom. The van der Waals surface area contributed by atoms with Crippen molar-refractivity contribution in [3.8, 4) is 11.1 Å². The number of amides is 1. The van der Waals surface area contributed by atoms with Gasteiger partial charge in [-0.3, -0.25) is 14.5 Å². The first-order chi connectivity index (χ1) is 16.3. The molecule has 4 N–H and O–H groups in total. The van der Waals surface area contributed by atoms with Crippen LogP contribution in [0.15, 0.2) is 47.3 Å². The Labute approximate surface area is 199 Å². The molecule has 2 aromatic carbocycles. The van der Waals surface area contributed by atoms with Crippen molar-refractivity contribution in [1.29, 1.82) is 0 Å². The summed E-state index contributed by atoms with van der Waals surface area (Å²) in [6.07, 6.45) is 0. The number of nitrogens with zero attached hydrogens (tertiary/aromatic N) is 1. The fraction of sp³-hybridized carbons (Fsp3) is 0.333. The molecule has 7 nitrogen and oxygen atoms in total. The number of nitrogens with two attached hydrogens (primary N) is 1. The van der Waals surface area contributed by atoms with Crippen LogP contribution in [0, 0.1) is 20.8 Å². The third-order valence-corrected chi connectivity index (χ3v) is 6.41. The fourth-order valence-electron chi connectivity index (χ4n) is 4.32. The van der Waals surface area contributed by atoms with Crippen molar-refractivity contribution in [3.05, 3.63) is 86.3 Å². The van der Waals surface area contributed by atoms with Gasteiger partial charge in [0.2, 0.25) is 0 Å². The molecule has 0 aliphatic carbocycles. The van der Waals surface area contributed by atoms with Crippen LogP contribution in [-0.4, -0.2) is 42.1 Å². The number of aromatic nitrogens is 1. The Morgan fingerprint density at radius 2 is 1.76 bits per heavy atom. The van der Waals surface area contributed by atoms with Gasteiger partial charge in [0.1, 0.15) is 0 Å². The molecule has 1 aliphatic rings. The van der Waals surface area contributed by atoms with Crippen LogP contribution in [0.3, 0.4) is 0 Å². The maximum Gasteiger partial charge on any atom is 0.253 e. The summed E-state index contributed by atoms with van der Waals surface area (Å²) in [4.78, 5) is 30.5. The molecule has 0 atom stereocenters. The van der Waals surface area contributed by atoms with Gasteiger partial charge in [0, 0.05) is 48.7 Å². The SMILES string of the molecule is Cc1cc(C)c(CNC(=O)c2cc(-c3ccc(CN4CCOCC4)cc3)cc(N)c2C)c(=O)[nH]1. The quantitative estimate of drug-likeness (QED) is 0.490. The van der Waals surface area contributed by atoms with Crippen LogP contribution in [0.2, 0.25) is 0 Å². The zero-order valence-electron chi connectivity index (χ0n) is 20.0. The average molecular weight is 461 g/mol. The highest BCUT2D eigenvalue weighted by molar-refractivity contribution is 5.98. The molecule has 34 heavy (non-hydrogen) atoms. The van der Waals surface area contributed by atoms with Crippen LogP contribution in [0.1, 0.15) is 38.3 Å². The number of nitrogen functional groups attached to an aromatic ring is 1. The molecule has 4 rings (SSSR count). The van der Waals surface area contributed by atoms with Crippen LogP contribution in [0.4, 0.5) is 5.69 Å². The minimum atomic E-state index is -0.255. The number of hydrogen-bond acceptors (Lipinski definition) is 5. The van der Waals surface area contributed by atoms with Gasteiger partial charge in [-0.1, -0.05) is 24.3 Å². The van der Waals surface area contributed by atoms with Gasteiger partial charge in [-0.25, -0.2) is 0 Å². The number of anilines is 1. The maximum absolute atomic E-state index is 13.0. The molecule has 2 heterocycles. The number of carbonyl (C=O) groups excluding carboxylic acids is 1. The van der Waals surface area contributed by atoms with Crippen molar-refractivity contribution in [2.24, 2.45) is 0 Å². The molecule has 1 aromatic heterocycles. The number of aryl methyl sites for hydroxylation is 2. The lowest BCUT2D eigenvalue weighted by Gasteiger charge is -2.26. The second-order valence-corrected chi connectivity index (χ2v) is 8.95. The highest BCUT2D eigenvalue weighted by Gasteiger charge is 2.16. The molecule has 178 valence electrons. The number of ether oxygens (including phenoxy) is 1. The van der Waals surface area contributed by atoms with Crippen LogP contribution in [0.25, 0.3) is 11.1 Å². The summed E-state index contributed by atoms with van der Waals surface area (Å²) in [7, 11) is 0. The second-order valence-electron chi connectivity index (χ2n) is 8.95. The molecule has 0 bridgehead atoms. The van der Waals surface area contributed by atoms with Crippen LogP contribution in [-0.2, 0) is 17.8 Å². The molecule has 3 aromatic rings. The summed E-state index contributed by atoms with van der Waals surface area (Å²) in [5.74, 6) is -0.255. The first-order valence-corrected chi connectivity index (χ1v) is 11.6. The molecule has 7 heteroatoms. The molecular weight excluding hydrogens is 428 g/mol. The van der Waals surface area contributed by atoms with Crippen molar-refractivity contribution in [2.45, 2.75) is 33.9 Å². The van der Waals surface area contributed by atoms with Crippen molar-refractivity contribution in [1.82, 2.24) is 15.2 Å². The summed E-state index contributed by atoms with van der Waals surface area (Å²) in [5.41, 5.74) is 13.2. The van der Waals surface area contributed by atoms with Gasteiger partial charge >= 0.3 is 0 Å². The second kappa shape index (κ2) is 10.2. The van der Waals surface area contributed by atoms with Crippen molar-refractivity contribution in [2.75, 3.05) is 32.0 Å². The van der Waals surface area contributed by atoms with Crippen LogP contribution < -0.4 is 16.6 Å². The van der Waals surface area contributed by atoms with Crippen molar-refractivity contribution < 1.29 is 9.53 Å². The Hall–Kier alpha value is -3.42. The topological polar surface area (TPSA) is 100 Å². The lowest BCUT2D eigenvalue weighted by atomic mass is 9.97. The first kappa shape index (κ1) is 23.7. The van der Waals surface area contributed by atoms with Gasteiger partial charge in [0.15, 0.2) is 0 Å². The zero-order valence-corrected chi connectivity index (χ0v) is 20.0. The van der Waals surface area contributed by atoms with Gasteiger partial charge in [-0.05, 0) is 66.8 Å². The summed E-state index contributed by atoms with van der Waals surface area (Å²) < 4.78 is 5.42. The van der Waals surface area contributed by atoms with Gasteiger partial charge in [0.05, 0.1) is 13.2 Å². The van der Waals surface area contributed by atoms with E-state index in [9.17, 15) is 9.59 Å². The minimum Gasteiger partial charge on any atom is -0.398 e. The number of aromatic amines is 1. The van der Waals surface area contributed by atoms with Gasteiger partial charge in [-0.2, -0.15) is 0 Å². The maximum atomic E-state index is 13.0. The molecular formula is C27H32N4O3. The van der Waals surface area contributed by atoms with E-state index in [4.69, 9.17) is 10.5 Å². The summed E-state index contributed by atoms with van der Waals surface area (Å²) in [5, 5.41) is 2.89. The number of nitrogens with one attached hydrogen (secondary N) is 2. The number of hydrogen-bond donors (Lipinski definition) is 3. The van der Waals surface area contributed by atoms with E-state index in [2.05, 4.69) is 39.5 Å². The Bertz CT molecular complexity index is 1240. The number of H-pyrrole nitrogens is 1. The monoisotopic (exact) mass is 460 g/mol. The summed E-state index contributed by atoms with van der Waals surface area (Å²) in [6.45, 7) is 10.0. The Morgan fingerprint density at radius 1 is 1.06 bits per heavy atom. The number of rotatable bonds is 6. The molecule has 0 saturated carbocycles. The number of carbonyl (C=O) groups is 1. The predicted octanol–water partition coefficient (Wildman–Crippen LogP) is 3.31. The van der Waals surface area contributed by atoms with Crippen molar-refractivity contribution >= 4 is 11.6 Å². The standard InChI is InChI=1S/C27H32N4O3/c1-17-12-18(2)30-27(33)24(17)15-29-26(32)23-13-22(14-25(28)19(23)3)21-6-4-20(5-7-21)16-31-8-10-34-11-9-31/h4-7,12-14H,8-11,15-16,28H2,1-3H3,(H,29,32)(H,30,33). The summed E-state index contributed by atoms with van der Waals surface area (Å²) in [6, 6.07) is 14.0. The van der Waals surface area contributed by atoms with E-state index >= 15 is 0 Å². The fourth-order valence-corrected chi connectivity index (χ4v) is 4.32. The Balaban J connectivity index is 1.51. The van der Waals surface area contributed by atoms with Crippen LogP contribution >= 0.6 is 0 Å². The molecule has 1 aliphatic heterocycles.